The van der Waals surface area contributed by atoms with Gasteiger partial charge in [0, 0.05) is 6.61 Å². The van der Waals surface area contributed by atoms with Crippen LogP contribution in [0.2, 0.25) is 6.04 Å². The van der Waals surface area contributed by atoms with Crippen LogP contribution in [0.25, 0.3) is 0 Å². The third kappa shape index (κ3) is 4.37. The van der Waals surface area contributed by atoms with Crippen molar-refractivity contribution in [2.24, 2.45) is 0 Å². The van der Waals surface area contributed by atoms with Crippen LogP contribution < -0.4 is 0 Å². The van der Waals surface area contributed by atoms with Gasteiger partial charge in [-0.3, -0.25) is 0 Å². The van der Waals surface area contributed by atoms with E-state index in [1.807, 2.05) is 6.92 Å². The molecule has 1 unspecified atom stereocenters. The normalized spacial score (nSPS) is 13.2. The van der Waals surface area contributed by atoms with E-state index in [4.69, 9.17) is 15.5 Å². The van der Waals surface area contributed by atoms with Crippen molar-refractivity contribution < 1.29 is 4.43 Å². The number of halogens is 1. The molecular formula is C5H11ClOSi. The third-order valence-electron chi connectivity index (χ3n) is 0.699. The number of hydrogen-bond donors (Lipinski definition) is 0. The van der Waals surface area contributed by atoms with Gasteiger partial charge in [-0.1, -0.05) is 6.08 Å². The fraction of sp³-hybridized carbons (Fsp3) is 0.600. The maximum atomic E-state index is 5.73. The van der Waals surface area contributed by atoms with Crippen LogP contribution in [-0.4, -0.2) is 15.0 Å². The highest BCUT2D eigenvalue weighted by atomic mass is 35.6. The molecule has 0 heterocycles. The standard InChI is InChI=1S/C5H11ClOSi/c1-3-5-8(6)7-4-2/h3,8H,1,4-5H2,2H3. The first-order valence-electron chi connectivity index (χ1n) is 2.67. The molecule has 0 aliphatic rings. The summed E-state index contributed by atoms with van der Waals surface area (Å²) in [6.45, 7) is 6.23. The van der Waals surface area contributed by atoms with Crippen molar-refractivity contribution in [1.29, 1.82) is 0 Å². The molecule has 0 N–H and O–H groups in total. The smallest absolute Gasteiger partial charge is 0.277 e. The second-order valence-corrected chi connectivity index (χ2v) is 4.47. The van der Waals surface area contributed by atoms with Crippen LogP contribution in [0.15, 0.2) is 12.7 Å². The molecule has 0 bridgehead atoms. The van der Waals surface area contributed by atoms with Crippen molar-refractivity contribution in [2.45, 2.75) is 13.0 Å². The van der Waals surface area contributed by atoms with Gasteiger partial charge < -0.3 is 4.43 Å². The number of rotatable bonds is 4. The Bertz CT molecular complexity index is 67.4. The van der Waals surface area contributed by atoms with Crippen molar-refractivity contribution in [2.75, 3.05) is 6.61 Å². The monoisotopic (exact) mass is 150 g/mol. The van der Waals surface area contributed by atoms with E-state index in [1.54, 1.807) is 6.08 Å². The zero-order chi connectivity index (χ0) is 6.41. The summed E-state index contributed by atoms with van der Waals surface area (Å²) in [7, 11) is -1.35. The molecule has 0 fully saturated rings. The van der Waals surface area contributed by atoms with E-state index in [0.29, 0.717) is 0 Å². The fourth-order valence-electron chi connectivity index (χ4n) is 0.380. The quantitative estimate of drug-likeness (QED) is 0.337. The molecule has 3 heteroatoms. The molecule has 0 amide bonds. The minimum Gasteiger partial charge on any atom is -0.405 e. The molecule has 1 nitrogen and oxygen atoms in total. The maximum Gasteiger partial charge on any atom is 0.277 e. The number of hydrogen-bond acceptors (Lipinski definition) is 1. The predicted octanol–water partition coefficient (Wildman–Crippen LogP) is 1.67. The zero-order valence-corrected chi connectivity index (χ0v) is 6.97. The SMILES string of the molecule is C=CC[SiH](Cl)OCC. The van der Waals surface area contributed by atoms with Crippen molar-refractivity contribution >= 4 is 19.4 Å². The summed E-state index contributed by atoms with van der Waals surface area (Å²) in [6, 6.07) is 0.857. The Labute approximate surface area is 56.7 Å². The molecule has 0 aromatic carbocycles. The molecule has 1 atom stereocenters. The lowest BCUT2D eigenvalue weighted by atomic mass is 10.8. The topological polar surface area (TPSA) is 9.23 Å². The van der Waals surface area contributed by atoms with Crippen LogP contribution in [0.5, 0.6) is 0 Å². The fourth-order valence-corrected chi connectivity index (χ4v) is 1.90. The molecule has 0 aliphatic carbocycles. The molecule has 0 aromatic rings. The largest absolute Gasteiger partial charge is 0.405 e. The molecule has 0 rings (SSSR count). The summed E-state index contributed by atoms with van der Waals surface area (Å²) in [5.74, 6) is 0. The van der Waals surface area contributed by atoms with Gasteiger partial charge in [-0.25, -0.2) is 0 Å². The summed E-state index contributed by atoms with van der Waals surface area (Å²) < 4.78 is 5.12. The Morgan fingerprint density at radius 2 is 2.50 bits per heavy atom. The predicted molar refractivity (Wildman–Crippen MR) is 39.6 cm³/mol. The van der Waals surface area contributed by atoms with Crippen LogP contribution in [0.3, 0.4) is 0 Å². The Morgan fingerprint density at radius 3 is 2.88 bits per heavy atom. The Morgan fingerprint density at radius 1 is 1.88 bits per heavy atom. The third-order valence-corrected chi connectivity index (χ3v) is 3.01. The lowest BCUT2D eigenvalue weighted by Gasteiger charge is -2.01. The summed E-state index contributed by atoms with van der Waals surface area (Å²) in [4.78, 5) is 0. The van der Waals surface area contributed by atoms with Gasteiger partial charge in [0.15, 0.2) is 0 Å². The molecular weight excluding hydrogens is 140 g/mol. The average Bonchev–Trinajstić information content (AvgIpc) is 1.68. The van der Waals surface area contributed by atoms with E-state index < -0.39 is 8.35 Å². The highest BCUT2D eigenvalue weighted by Crippen LogP contribution is 1.98. The highest BCUT2D eigenvalue weighted by Gasteiger charge is 2.01. The van der Waals surface area contributed by atoms with Gasteiger partial charge in [-0.2, -0.15) is 0 Å². The van der Waals surface area contributed by atoms with Crippen LogP contribution in [0.1, 0.15) is 6.92 Å². The molecule has 8 heavy (non-hydrogen) atoms. The maximum absolute atomic E-state index is 5.73. The van der Waals surface area contributed by atoms with Crippen LogP contribution in [-0.2, 0) is 4.43 Å². The molecule has 0 saturated heterocycles. The molecule has 0 aliphatic heterocycles. The van der Waals surface area contributed by atoms with E-state index in [2.05, 4.69) is 6.58 Å². The summed E-state index contributed by atoms with van der Waals surface area (Å²) >= 11 is 5.73. The first kappa shape index (κ1) is 8.21. The molecule has 0 saturated carbocycles. The first-order valence-corrected chi connectivity index (χ1v) is 5.71. The van der Waals surface area contributed by atoms with Crippen LogP contribution in [0, 0.1) is 0 Å². The first-order chi connectivity index (χ1) is 3.81. The van der Waals surface area contributed by atoms with E-state index in [1.165, 1.54) is 0 Å². The second-order valence-electron chi connectivity index (χ2n) is 1.39. The molecule has 0 aromatic heterocycles. The van der Waals surface area contributed by atoms with E-state index in [9.17, 15) is 0 Å². The van der Waals surface area contributed by atoms with E-state index in [-0.39, 0.29) is 0 Å². The van der Waals surface area contributed by atoms with Crippen molar-refractivity contribution in [1.82, 2.24) is 0 Å². The van der Waals surface area contributed by atoms with Gasteiger partial charge in [0.05, 0.1) is 0 Å². The Hall–Kier alpha value is 0.207. The van der Waals surface area contributed by atoms with Gasteiger partial charge in [-0.05, 0) is 13.0 Å². The van der Waals surface area contributed by atoms with Gasteiger partial charge in [0.1, 0.15) is 0 Å². The summed E-state index contributed by atoms with van der Waals surface area (Å²) in [5, 5.41) is 0. The van der Waals surface area contributed by atoms with Crippen LogP contribution >= 0.6 is 11.1 Å². The van der Waals surface area contributed by atoms with Gasteiger partial charge in [0.25, 0.3) is 8.35 Å². The van der Waals surface area contributed by atoms with Gasteiger partial charge in [-0.15, -0.1) is 17.7 Å². The average molecular weight is 151 g/mol. The zero-order valence-electron chi connectivity index (χ0n) is 5.06. The van der Waals surface area contributed by atoms with Gasteiger partial charge >= 0.3 is 0 Å². The van der Waals surface area contributed by atoms with Crippen molar-refractivity contribution in [3.8, 4) is 0 Å². The molecule has 48 valence electrons. The second kappa shape index (κ2) is 5.35. The van der Waals surface area contributed by atoms with Gasteiger partial charge in [0.2, 0.25) is 0 Å². The molecule has 0 radical (unpaired) electrons. The summed E-state index contributed by atoms with van der Waals surface area (Å²) in [6.07, 6.45) is 1.81. The molecule has 0 spiro atoms. The Kier molecular flexibility index (Phi) is 5.48. The highest BCUT2D eigenvalue weighted by molar-refractivity contribution is 7.03. The summed E-state index contributed by atoms with van der Waals surface area (Å²) in [5.41, 5.74) is 0. The van der Waals surface area contributed by atoms with E-state index >= 15 is 0 Å². The van der Waals surface area contributed by atoms with Crippen molar-refractivity contribution in [3.63, 3.8) is 0 Å². The lowest BCUT2D eigenvalue weighted by Crippen LogP contribution is -2.07. The number of allylic oxidation sites excluding steroid dienone is 1. The van der Waals surface area contributed by atoms with Crippen LogP contribution in [0.4, 0.5) is 0 Å². The minimum atomic E-state index is -1.35. The minimum absolute atomic E-state index is 0.730. The Balaban J connectivity index is 3.03. The van der Waals surface area contributed by atoms with Crippen molar-refractivity contribution in [3.05, 3.63) is 12.7 Å². The van der Waals surface area contributed by atoms with E-state index in [0.717, 1.165) is 12.7 Å². The lowest BCUT2D eigenvalue weighted by molar-refractivity contribution is 0.356.